The number of nitrogens with zero attached hydrogens (tertiary/aromatic N) is 2. The molecule has 0 N–H and O–H groups in total. The molecule has 2 aromatic heterocycles. The Balaban J connectivity index is 1.10. The van der Waals surface area contributed by atoms with Crippen molar-refractivity contribution in [2.45, 2.75) is 0 Å². The monoisotopic (exact) mass is 614 g/mol. The van der Waals surface area contributed by atoms with Crippen LogP contribution in [-0.2, 0) is 0 Å². The number of hydrogen-bond acceptors (Lipinski definition) is 3. The third-order valence-corrected chi connectivity index (χ3v) is 9.19. The Labute approximate surface area is 279 Å². The number of anilines is 3. The average molecular weight is 615 g/mol. The van der Waals surface area contributed by atoms with Gasteiger partial charge in [0.15, 0.2) is 0 Å². The molecule has 0 aliphatic heterocycles. The highest BCUT2D eigenvalue weighted by atomic mass is 16.3. The molecule has 48 heavy (non-hydrogen) atoms. The second kappa shape index (κ2) is 11.7. The summed E-state index contributed by atoms with van der Waals surface area (Å²) in [4.78, 5) is 6.64. The first-order chi connectivity index (χ1) is 23.8. The first-order valence-corrected chi connectivity index (χ1v) is 16.2. The van der Waals surface area contributed by atoms with E-state index in [1.54, 1.807) is 6.20 Å². The van der Waals surface area contributed by atoms with Gasteiger partial charge in [0.25, 0.3) is 0 Å². The van der Waals surface area contributed by atoms with Crippen LogP contribution in [-0.4, -0.2) is 4.98 Å². The van der Waals surface area contributed by atoms with E-state index in [-0.39, 0.29) is 0 Å². The summed E-state index contributed by atoms with van der Waals surface area (Å²) in [5.74, 6) is 0. The van der Waals surface area contributed by atoms with Gasteiger partial charge in [-0.2, -0.15) is 0 Å². The molecular formula is C45H30N2O. The largest absolute Gasteiger partial charge is 0.456 e. The number of furan rings is 1. The molecule has 0 bridgehead atoms. The highest BCUT2D eigenvalue weighted by molar-refractivity contribution is 6.06. The molecule has 0 saturated heterocycles. The maximum atomic E-state index is 6.04. The zero-order valence-electron chi connectivity index (χ0n) is 26.1. The summed E-state index contributed by atoms with van der Waals surface area (Å²) in [5.41, 5.74) is 12.1. The van der Waals surface area contributed by atoms with Crippen LogP contribution < -0.4 is 4.90 Å². The molecule has 0 amide bonds. The van der Waals surface area contributed by atoms with E-state index >= 15 is 0 Å². The highest BCUT2D eigenvalue weighted by Crippen LogP contribution is 2.39. The van der Waals surface area contributed by atoms with E-state index < -0.39 is 0 Å². The van der Waals surface area contributed by atoms with Crippen molar-refractivity contribution in [2.24, 2.45) is 0 Å². The Hall–Kier alpha value is -6.45. The van der Waals surface area contributed by atoms with Crippen molar-refractivity contribution in [3.05, 3.63) is 182 Å². The molecule has 0 aliphatic rings. The summed E-state index contributed by atoms with van der Waals surface area (Å²) in [6, 6.07) is 60.4. The van der Waals surface area contributed by atoms with Gasteiger partial charge in [-0.05, 0) is 98.8 Å². The Morgan fingerprint density at radius 2 is 0.958 bits per heavy atom. The molecule has 9 aromatic rings. The summed E-state index contributed by atoms with van der Waals surface area (Å²) >= 11 is 0. The fourth-order valence-electron chi connectivity index (χ4n) is 6.75. The third kappa shape index (κ3) is 4.99. The van der Waals surface area contributed by atoms with E-state index in [9.17, 15) is 0 Å². The van der Waals surface area contributed by atoms with Gasteiger partial charge in [-0.3, -0.25) is 4.98 Å². The van der Waals surface area contributed by atoms with Gasteiger partial charge in [-0.25, -0.2) is 0 Å². The lowest BCUT2D eigenvalue weighted by Crippen LogP contribution is -2.09. The summed E-state index contributed by atoms with van der Waals surface area (Å²) in [7, 11) is 0. The molecule has 0 atom stereocenters. The molecule has 0 saturated carbocycles. The van der Waals surface area contributed by atoms with Crippen molar-refractivity contribution in [1.29, 1.82) is 0 Å². The SMILES string of the molecule is c1ccc(-c2ccc(N(c3ccc(-c4ccc5oc6ccncc6c5c4)cc3)c3ccc(-c4cccc5ccccc45)cc3)cc2)cc1. The molecule has 0 aliphatic carbocycles. The minimum Gasteiger partial charge on any atom is -0.456 e. The van der Waals surface area contributed by atoms with Crippen LogP contribution in [0.25, 0.3) is 66.1 Å². The quantitative estimate of drug-likeness (QED) is 0.187. The van der Waals surface area contributed by atoms with E-state index in [2.05, 4.69) is 174 Å². The van der Waals surface area contributed by atoms with Crippen molar-refractivity contribution in [3.8, 4) is 33.4 Å². The molecule has 0 unspecified atom stereocenters. The minimum atomic E-state index is 0.855. The topological polar surface area (TPSA) is 29.3 Å². The van der Waals surface area contributed by atoms with Crippen molar-refractivity contribution in [3.63, 3.8) is 0 Å². The maximum absolute atomic E-state index is 6.04. The second-order valence-electron chi connectivity index (χ2n) is 12.1. The Bertz CT molecular complexity index is 2530. The molecule has 0 spiro atoms. The van der Waals surface area contributed by atoms with E-state index in [1.807, 2.05) is 12.3 Å². The maximum Gasteiger partial charge on any atom is 0.138 e. The summed E-state index contributed by atoms with van der Waals surface area (Å²) in [6.45, 7) is 0. The fourth-order valence-corrected chi connectivity index (χ4v) is 6.75. The van der Waals surface area contributed by atoms with Crippen LogP contribution >= 0.6 is 0 Å². The van der Waals surface area contributed by atoms with Gasteiger partial charge < -0.3 is 9.32 Å². The zero-order valence-corrected chi connectivity index (χ0v) is 26.1. The van der Waals surface area contributed by atoms with Crippen LogP contribution in [0.4, 0.5) is 17.1 Å². The average Bonchev–Trinajstić information content (AvgIpc) is 3.54. The minimum absolute atomic E-state index is 0.855. The Morgan fingerprint density at radius 1 is 0.396 bits per heavy atom. The molecule has 3 heteroatoms. The van der Waals surface area contributed by atoms with Crippen LogP contribution in [0.3, 0.4) is 0 Å². The van der Waals surface area contributed by atoms with E-state index in [4.69, 9.17) is 4.42 Å². The number of rotatable bonds is 6. The van der Waals surface area contributed by atoms with Crippen LogP contribution in [0.1, 0.15) is 0 Å². The lowest BCUT2D eigenvalue weighted by molar-refractivity contribution is 0.668. The molecule has 7 aromatic carbocycles. The van der Waals surface area contributed by atoms with Crippen LogP contribution in [0.5, 0.6) is 0 Å². The van der Waals surface area contributed by atoms with E-state index in [0.29, 0.717) is 0 Å². The molecule has 3 nitrogen and oxygen atoms in total. The van der Waals surface area contributed by atoms with E-state index in [0.717, 1.165) is 50.1 Å². The van der Waals surface area contributed by atoms with Gasteiger partial charge in [0.1, 0.15) is 11.2 Å². The van der Waals surface area contributed by atoms with Crippen LogP contribution in [0.15, 0.2) is 187 Å². The van der Waals surface area contributed by atoms with Crippen LogP contribution in [0.2, 0.25) is 0 Å². The van der Waals surface area contributed by atoms with E-state index in [1.165, 1.54) is 33.0 Å². The van der Waals surface area contributed by atoms with Gasteiger partial charge in [0.05, 0.1) is 0 Å². The number of fused-ring (bicyclic) bond motifs is 4. The molecule has 0 fully saturated rings. The number of aromatic nitrogens is 1. The molecule has 2 heterocycles. The first-order valence-electron chi connectivity index (χ1n) is 16.2. The predicted molar refractivity (Wildman–Crippen MR) is 200 cm³/mol. The molecular weight excluding hydrogens is 585 g/mol. The summed E-state index contributed by atoms with van der Waals surface area (Å²) in [5, 5.41) is 4.61. The zero-order chi connectivity index (χ0) is 31.9. The van der Waals surface area contributed by atoms with Gasteiger partial charge in [-0.15, -0.1) is 0 Å². The first kappa shape index (κ1) is 27.8. The Kier molecular flexibility index (Phi) is 6.80. The van der Waals surface area contributed by atoms with Gasteiger partial charge in [-0.1, -0.05) is 115 Å². The van der Waals surface area contributed by atoms with Crippen molar-refractivity contribution in [1.82, 2.24) is 4.98 Å². The smallest absolute Gasteiger partial charge is 0.138 e. The Morgan fingerprint density at radius 3 is 1.69 bits per heavy atom. The van der Waals surface area contributed by atoms with Crippen LogP contribution in [0, 0.1) is 0 Å². The molecule has 226 valence electrons. The molecule has 0 radical (unpaired) electrons. The second-order valence-corrected chi connectivity index (χ2v) is 12.1. The van der Waals surface area contributed by atoms with Gasteiger partial charge in [0.2, 0.25) is 0 Å². The normalized spacial score (nSPS) is 11.3. The highest BCUT2D eigenvalue weighted by Gasteiger charge is 2.15. The lowest BCUT2D eigenvalue weighted by Gasteiger charge is -2.26. The number of pyridine rings is 1. The molecule has 9 rings (SSSR count). The number of hydrogen-bond donors (Lipinski definition) is 0. The van der Waals surface area contributed by atoms with Crippen molar-refractivity contribution >= 4 is 49.8 Å². The third-order valence-electron chi connectivity index (χ3n) is 9.19. The van der Waals surface area contributed by atoms with Gasteiger partial charge >= 0.3 is 0 Å². The fraction of sp³-hybridized carbons (Fsp3) is 0. The van der Waals surface area contributed by atoms with Crippen molar-refractivity contribution in [2.75, 3.05) is 4.90 Å². The summed E-state index contributed by atoms with van der Waals surface area (Å²) < 4.78 is 6.04. The van der Waals surface area contributed by atoms with Gasteiger partial charge in [0, 0.05) is 40.2 Å². The predicted octanol–water partition coefficient (Wildman–Crippen LogP) is 12.6. The number of benzene rings is 7. The standard InChI is InChI=1S/C45H30N2O/c1-2-7-31(8-3-1)32-13-20-37(21-14-32)47(39-24-17-35(18-25-39)41-12-6-10-34-9-4-5-11-40(34)41)38-22-15-33(16-23-38)36-19-26-44-42(29-36)43-30-46-28-27-45(43)48-44/h1-30H. The summed E-state index contributed by atoms with van der Waals surface area (Å²) in [6.07, 6.45) is 3.64. The van der Waals surface area contributed by atoms with Crippen molar-refractivity contribution < 1.29 is 4.42 Å². The lowest BCUT2D eigenvalue weighted by atomic mass is 9.98.